The molecule has 2 rings (SSSR count). The van der Waals surface area contributed by atoms with Crippen molar-refractivity contribution in [3.05, 3.63) is 52.3 Å². The van der Waals surface area contributed by atoms with Gasteiger partial charge in [0, 0.05) is 16.8 Å². The fourth-order valence-corrected chi connectivity index (χ4v) is 2.82. The lowest BCUT2D eigenvalue weighted by Crippen LogP contribution is -2.24. The summed E-state index contributed by atoms with van der Waals surface area (Å²) in [6.07, 6.45) is 3.82. The number of carbonyl (C=O) groups is 1. The Kier molecular flexibility index (Phi) is 6.99. The third kappa shape index (κ3) is 5.47. The van der Waals surface area contributed by atoms with E-state index in [0.717, 1.165) is 26.1 Å². The van der Waals surface area contributed by atoms with Crippen LogP contribution in [0.4, 0.5) is 0 Å². The highest BCUT2D eigenvalue weighted by Gasteiger charge is 2.09. The molecule has 7 nitrogen and oxygen atoms in total. The number of allylic oxidation sites excluding steroid dienone is 1. The predicted octanol–water partition coefficient (Wildman–Crippen LogP) is 3.11. The molecule has 2 aromatic rings. The van der Waals surface area contributed by atoms with Gasteiger partial charge in [-0.3, -0.25) is 9.89 Å². The van der Waals surface area contributed by atoms with Gasteiger partial charge >= 0.3 is 0 Å². The molecule has 9 heteroatoms. The van der Waals surface area contributed by atoms with Crippen LogP contribution in [0.2, 0.25) is 0 Å². The summed E-state index contributed by atoms with van der Waals surface area (Å²) < 4.78 is 0. The van der Waals surface area contributed by atoms with Crippen LogP contribution in [-0.2, 0) is 4.79 Å². The largest absolute Gasteiger partial charge is 0.401 e. The van der Waals surface area contributed by atoms with Crippen LogP contribution >= 0.6 is 23.4 Å². The lowest BCUT2D eigenvalue weighted by atomic mass is 10.1. The maximum Gasteiger partial charge on any atom is 0.230 e. The molecule has 0 bridgehead atoms. The van der Waals surface area contributed by atoms with Crippen molar-refractivity contribution in [1.29, 1.82) is 5.41 Å². The first-order chi connectivity index (χ1) is 12.4. The number of hydrogen-bond donors (Lipinski definition) is 3. The van der Waals surface area contributed by atoms with Crippen molar-refractivity contribution in [3.63, 3.8) is 0 Å². The number of nitrogens with two attached hydrogens (primary N) is 1. The summed E-state index contributed by atoms with van der Waals surface area (Å²) in [5, 5.41) is 21.0. The highest BCUT2D eigenvalue weighted by molar-refractivity contribution is 7.99. The number of aromatic nitrogens is 2. The average Bonchev–Trinajstić information content (AvgIpc) is 3.12. The van der Waals surface area contributed by atoms with Crippen LogP contribution < -0.4 is 5.73 Å². The van der Waals surface area contributed by atoms with Crippen molar-refractivity contribution in [2.75, 3.05) is 6.54 Å². The number of rotatable bonds is 8. The molecule has 136 valence electrons. The van der Waals surface area contributed by atoms with Gasteiger partial charge in [0.05, 0.1) is 28.5 Å². The van der Waals surface area contributed by atoms with E-state index in [4.69, 9.17) is 22.7 Å². The van der Waals surface area contributed by atoms with Gasteiger partial charge in [-0.25, -0.2) is 5.01 Å². The van der Waals surface area contributed by atoms with Gasteiger partial charge in [0.25, 0.3) is 0 Å². The zero-order chi connectivity index (χ0) is 19.1. The lowest BCUT2D eigenvalue weighted by Gasteiger charge is -2.12. The monoisotopic (exact) mass is 390 g/mol. The van der Waals surface area contributed by atoms with Crippen LogP contribution in [0.3, 0.4) is 0 Å². The van der Waals surface area contributed by atoms with E-state index in [0.29, 0.717) is 12.1 Å². The first kappa shape index (κ1) is 19.7. The molecule has 0 spiro atoms. The number of aryl methyl sites for hydroxylation is 1. The maximum absolute atomic E-state index is 11.2. The number of hydrazone groups is 1. The number of carbonyl (C=O) groups excluding carboxylic acids is 1. The maximum atomic E-state index is 11.2. The second-order valence-corrected chi connectivity index (χ2v) is 6.96. The molecule has 0 aliphatic heterocycles. The van der Waals surface area contributed by atoms with Crippen molar-refractivity contribution >= 4 is 41.7 Å². The molecule has 0 unspecified atom stereocenters. The zero-order valence-corrected chi connectivity index (χ0v) is 15.9. The molecule has 0 saturated carbocycles. The van der Waals surface area contributed by atoms with Crippen LogP contribution in [0.25, 0.3) is 0 Å². The molecule has 0 atom stereocenters. The summed E-state index contributed by atoms with van der Waals surface area (Å²) in [6, 6.07) is 7.83. The molecule has 1 heterocycles. The van der Waals surface area contributed by atoms with Crippen molar-refractivity contribution in [2.45, 2.75) is 23.8 Å². The minimum absolute atomic E-state index is 0.0242. The second kappa shape index (κ2) is 9.21. The first-order valence-corrected chi connectivity index (χ1v) is 8.83. The van der Waals surface area contributed by atoms with Crippen LogP contribution in [0.15, 0.2) is 56.2 Å². The van der Waals surface area contributed by atoms with Crippen LogP contribution in [0.1, 0.15) is 18.1 Å². The fourth-order valence-electron chi connectivity index (χ4n) is 1.96. The Morgan fingerprint density at radius 2 is 2.27 bits per heavy atom. The van der Waals surface area contributed by atoms with Crippen LogP contribution in [0, 0.1) is 12.3 Å². The number of aromatic amines is 1. The molecule has 0 aliphatic rings. The Bertz CT molecular complexity index is 843. The molecular formula is C17H19ClN6OS. The van der Waals surface area contributed by atoms with Crippen molar-refractivity contribution < 1.29 is 4.79 Å². The van der Waals surface area contributed by atoms with E-state index in [1.807, 2.05) is 31.2 Å². The van der Waals surface area contributed by atoms with Gasteiger partial charge in [-0.2, -0.15) is 10.2 Å². The van der Waals surface area contributed by atoms with Gasteiger partial charge in [0.1, 0.15) is 0 Å². The van der Waals surface area contributed by atoms with E-state index in [2.05, 4.69) is 15.3 Å². The summed E-state index contributed by atoms with van der Waals surface area (Å²) in [4.78, 5) is 12.2. The van der Waals surface area contributed by atoms with Gasteiger partial charge in [-0.15, -0.1) is 0 Å². The Labute approximate surface area is 160 Å². The molecule has 4 N–H and O–H groups in total. The van der Waals surface area contributed by atoms with Crippen molar-refractivity contribution in [3.8, 4) is 0 Å². The number of nitrogens with one attached hydrogen (secondary N) is 2. The molecule has 0 radical (unpaired) electrons. The summed E-state index contributed by atoms with van der Waals surface area (Å²) in [6.45, 7) is 3.49. The number of halogens is 1. The number of H-pyrrole nitrogens is 1. The average molecular weight is 391 g/mol. The Balaban J connectivity index is 2.13. The first-order valence-electron chi connectivity index (χ1n) is 7.64. The second-order valence-electron chi connectivity index (χ2n) is 5.46. The lowest BCUT2D eigenvalue weighted by molar-refractivity contribution is -0.117. The standard InChI is InChI=1S/C17H19ClN6OS/c1-11-3-4-14(26-16-5-6-21-23-16)7-13(11)8-22-24(10-25)9-15(20)17(18)12(2)19/h3-8,10,20H,9,19H2,1-2H3,(H,21,23)/b17-12+,20-15?,22-8-. The molecule has 1 aromatic heterocycles. The van der Waals surface area contributed by atoms with E-state index in [1.54, 1.807) is 31.1 Å². The van der Waals surface area contributed by atoms with Gasteiger partial charge in [-0.1, -0.05) is 29.4 Å². The van der Waals surface area contributed by atoms with Crippen molar-refractivity contribution in [1.82, 2.24) is 15.2 Å². The molecule has 0 fully saturated rings. The highest BCUT2D eigenvalue weighted by Crippen LogP contribution is 2.26. The van der Waals surface area contributed by atoms with E-state index >= 15 is 0 Å². The smallest absolute Gasteiger partial charge is 0.230 e. The summed E-state index contributed by atoms with van der Waals surface area (Å²) in [7, 11) is 0. The summed E-state index contributed by atoms with van der Waals surface area (Å²) in [5.74, 6) is 0. The van der Waals surface area contributed by atoms with E-state index in [9.17, 15) is 4.79 Å². The number of benzene rings is 1. The molecule has 1 amide bonds. The predicted molar refractivity (Wildman–Crippen MR) is 105 cm³/mol. The number of hydrogen-bond acceptors (Lipinski definition) is 6. The molecule has 0 saturated heterocycles. The summed E-state index contributed by atoms with van der Waals surface area (Å²) >= 11 is 7.46. The van der Waals surface area contributed by atoms with Gasteiger partial charge in [-0.05, 0) is 43.2 Å². The minimum atomic E-state index is -0.0605. The fraction of sp³-hybridized carbons (Fsp3) is 0.176. The molecule has 0 aliphatic carbocycles. The van der Waals surface area contributed by atoms with Crippen LogP contribution in [0.5, 0.6) is 0 Å². The summed E-state index contributed by atoms with van der Waals surface area (Å²) in [5.41, 5.74) is 7.79. The Hall–Kier alpha value is -2.58. The molecule has 1 aromatic carbocycles. The SMILES string of the molecule is C/C(N)=C(\Cl)C(=N)CN(C=O)/N=C\c1cc(Sc2ccn[nH]2)ccc1C. The third-order valence-corrected chi connectivity index (χ3v) is 4.81. The molecule has 26 heavy (non-hydrogen) atoms. The number of nitrogens with zero attached hydrogens (tertiary/aromatic N) is 3. The van der Waals surface area contributed by atoms with E-state index < -0.39 is 0 Å². The van der Waals surface area contributed by atoms with Crippen LogP contribution in [-0.4, -0.2) is 40.1 Å². The third-order valence-electron chi connectivity index (χ3n) is 3.35. The quantitative estimate of drug-likeness (QED) is 0.365. The van der Waals surface area contributed by atoms with E-state index in [1.165, 1.54) is 0 Å². The topological polar surface area (TPSA) is 111 Å². The van der Waals surface area contributed by atoms with E-state index in [-0.39, 0.29) is 17.3 Å². The van der Waals surface area contributed by atoms with Crippen molar-refractivity contribution in [2.24, 2.45) is 10.8 Å². The normalized spacial score (nSPS) is 12.1. The zero-order valence-electron chi connectivity index (χ0n) is 14.4. The Morgan fingerprint density at radius 1 is 1.50 bits per heavy atom. The highest BCUT2D eigenvalue weighted by atomic mass is 35.5. The Morgan fingerprint density at radius 3 is 2.88 bits per heavy atom. The minimum Gasteiger partial charge on any atom is -0.401 e. The van der Waals surface area contributed by atoms with Gasteiger partial charge in [0.15, 0.2) is 0 Å². The number of amides is 1. The van der Waals surface area contributed by atoms with Gasteiger partial charge in [0.2, 0.25) is 6.41 Å². The molecular weight excluding hydrogens is 372 g/mol. The van der Waals surface area contributed by atoms with Gasteiger partial charge < -0.3 is 11.1 Å².